The number of nitrogens with zero attached hydrogens (tertiary/aromatic N) is 1. The Balaban J connectivity index is 1.68. The van der Waals surface area contributed by atoms with E-state index in [2.05, 4.69) is 26.5 Å². The smallest absolute Gasteiger partial charge is 0.336 e. The molecule has 0 aliphatic carbocycles. The molecule has 150 valence electrons. The lowest BCUT2D eigenvalue weighted by Gasteiger charge is -2.06. The van der Waals surface area contributed by atoms with E-state index in [9.17, 15) is 9.59 Å². The summed E-state index contributed by atoms with van der Waals surface area (Å²) in [5.41, 5.74) is 4.20. The molecule has 0 radical (unpaired) electrons. The molecule has 0 fully saturated rings. The minimum Gasteiger partial charge on any atom is -0.423 e. The molecule has 5 nitrogen and oxygen atoms in total. The molecule has 7 heteroatoms. The minimum absolute atomic E-state index is 0.307. The third-order valence-corrected chi connectivity index (χ3v) is 4.58. The third-order valence-electron chi connectivity index (χ3n) is 3.85. The number of hydrogen-bond acceptors (Lipinski definition) is 4. The average molecular weight is 484 g/mol. The normalized spacial score (nSPS) is 11.0. The quantitative estimate of drug-likeness (QED) is 0.166. The molecule has 0 aliphatic heterocycles. The van der Waals surface area contributed by atoms with Crippen LogP contribution in [0.5, 0.6) is 5.75 Å². The molecule has 0 aliphatic rings. The van der Waals surface area contributed by atoms with Gasteiger partial charge in [-0.3, -0.25) is 4.79 Å². The van der Waals surface area contributed by atoms with Crippen molar-refractivity contribution in [2.75, 3.05) is 0 Å². The zero-order chi connectivity index (χ0) is 21.3. The van der Waals surface area contributed by atoms with Crippen molar-refractivity contribution in [1.82, 2.24) is 5.43 Å². The number of carbonyl (C=O) groups is 2. The van der Waals surface area contributed by atoms with E-state index >= 15 is 0 Å². The lowest BCUT2D eigenvalue weighted by atomic mass is 10.2. The van der Waals surface area contributed by atoms with Crippen molar-refractivity contribution >= 4 is 51.7 Å². The maximum absolute atomic E-state index is 12.2. The van der Waals surface area contributed by atoms with Crippen molar-refractivity contribution in [3.8, 4) is 5.75 Å². The standard InChI is InChI=1S/C23H16BrClN2O3/c24-19-10-11-21(30-22(28)12-9-16-5-2-1-3-6-16)18(13-19)15-26-27-23(29)17-7-4-8-20(25)14-17/h1-15H,(H,27,29)/b12-9+,26-15+. The van der Waals surface area contributed by atoms with E-state index in [1.54, 1.807) is 42.5 Å². The summed E-state index contributed by atoms with van der Waals surface area (Å²) >= 11 is 9.26. The summed E-state index contributed by atoms with van der Waals surface area (Å²) in [6.07, 6.45) is 4.41. The molecule has 0 saturated heterocycles. The molecule has 1 N–H and O–H groups in total. The molecule has 3 aromatic rings. The van der Waals surface area contributed by atoms with Gasteiger partial charge < -0.3 is 4.74 Å². The van der Waals surface area contributed by atoms with Gasteiger partial charge in [0.25, 0.3) is 5.91 Å². The number of esters is 1. The summed E-state index contributed by atoms with van der Waals surface area (Å²) in [7, 11) is 0. The summed E-state index contributed by atoms with van der Waals surface area (Å²) in [6.45, 7) is 0. The first kappa shape index (κ1) is 21.5. The van der Waals surface area contributed by atoms with Crippen molar-refractivity contribution in [2.45, 2.75) is 0 Å². The molecular formula is C23H16BrClN2O3. The molecular weight excluding hydrogens is 468 g/mol. The van der Waals surface area contributed by atoms with E-state index in [1.807, 2.05) is 30.3 Å². The van der Waals surface area contributed by atoms with Crippen LogP contribution in [0.15, 0.2) is 88.4 Å². The zero-order valence-corrected chi connectivity index (χ0v) is 17.9. The number of nitrogens with one attached hydrogen (secondary N) is 1. The Labute approximate surface area is 187 Å². The van der Waals surface area contributed by atoms with Gasteiger partial charge in [0.1, 0.15) is 5.75 Å². The molecule has 0 atom stereocenters. The predicted octanol–water partition coefficient (Wildman–Crippen LogP) is 5.49. The van der Waals surface area contributed by atoms with Crippen LogP contribution in [0.4, 0.5) is 0 Å². The topological polar surface area (TPSA) is 67.8 Å². The lowest BCUT2D eigenvalue weighted by Crippen LogP contribution is -2.17. The minimum atomic E-state index is -0.529. The van der Waals surface area contributed by atoms with E-state index in [0.717, 1.165) is 10.0 Å². The zero-order valence-electron chi connectivity index (χ0n) is 15.6. The highest BCUT2D eigenvalue weighted by atomic mass is 79.9. The number of hydrogen-bond donors (Lipinski definition) is 1. The van der Waals surface area contributed by atoms with Gasteiger partial charge in [-0.2, -0.15) is 5.10 Å². The fraction of sp³-hybridized carbons (Fsp3) is 0. The molecule has 0 aromatic heterocycles. The van der Waals surface area contributed by atoms with Crippen LogP contribution in [0.2, 0.25) is 5.02 Å². The average Bonchev–Trinajstić information content (AvgIpc) is 2.75. The summed E-state index contributed by atoms with van der Waals surface area (Å²) in [5, 5.41) is 4.41. The van der Waals surface area contributed by atoms with Crippen LogP contribution in [0, 0.1) is 0 Å². The van der Waals surface area contributed by atoms with Crippen LogP contribution < -0.4 is 10.2 Å². The number of rotatable bonds is 6. The Morgan fingerprint density at radius 2 is 1.80 bits per heavy atom. The monoisotopic (exact) mass is 482 g/mol. The molecule has 0 saturated carbocycles. The number of hydrazone groups is 1. The lowest BCUT2D eigenvalue weighted by molar-refractivity contribution is -0.128. The first-order chi connectivity index (χ1) is 14.5. The van der Waals surface area contributed by atoms with E-state index < -0.39 is 11.9 Å². The van der Waals surface area contributed by atoms with Crippen LogP contribution in [-0.4, -0.2) is 18.1 Å². The summed E-state index contributed by atoms with van der Waals surface area (Å²) in [4.78, 5) is 24.3. The van der Waals surface area contributed by atoms with Crippen molar-refractivity contribution in [1.29, 1.82) is 0 Å². The van der Waals surface area contributed by atoms with Crippen LogP contribution in [0.1, 0.15) is 21.5 Å². The fourth-order valence-corrected chi connectivity index (χ4v) is 3.01. The van der Waals surface area contributed by atoms with Gasteiger partial charge in [0, 0.05) is 26.7 Å². The number of amides is 1. The van der Waals surface area contributed by atoms with E-state index in [0.29, 0.717) is 21.9 Å². The van der Waals surface area contributed by atoms with E-state index in [1.165, 1.54) is 18.4 Å². The molecule has 0 unspecified atom stereocenters. The van der Waals surface area contributed by atoms with Crippen molar-refractivity contribution in [2.24, 2.45) is 5.10 Å². The second-order valence-corrected chi connectivity index (χ2v) is 7.41. The highest BCUT2D eigenvalue weighted by molar-refractivity contribution is 9.10. The van der Waals surface area contributed by atoms with Crippen LogP contribution in [0.25, 0.3) is 6.08 Å². The number of benzene rings is 3. The van der Waals surface area contributed by atoms with Gasteiger partial charge in [0.2, 0.25) is 0 Å². The van der Waals surface area contributed by atoms with Gasteiger partial charge in [0.15, 0.2) is 0 Å². The first-order valence-corrected chi connectivity index (χ1v) is 10.0. The van der Waals surface area contributed by atoms with E-state index in [4.69, 9.17) is 16.3 Å². The Hall–Kier alpha value is -3.22. The molecule has 0 spiro atoms. The Kier molecular flexibility index (Phi) is 7.54. The predicted molar refractivity (Wildman–Crippen MR) is 122 cm³/mol. The maximum atomic E-state index is 12.2. The molecule has 0 heterocycles. The van der Waals surface area contributed by atoms with Crippen molar-refractivity contribution in [3.05, 3.63) is 105 Å². The molecule has 3 aromatic carbocycles. The molecule has 3 rings (SSSR count). The summed E-state index contributed by atoms with van der Waals surface area (Å²) in [6, 6.07) is 21.0. The Morgan fingerprint density at radius 1 is 1.00 bits per heavy atom. The number of carbonyl (C=O) groups excluding carboxylic acids is 2. The maximum Gasteiger partial charge on any atom is 0.336 e. The van der Waals surface area contributed by atoms with Crippen molar-refractivity contribution in [3.63, 3.8) is 0 Å². The van der Waals surface area contributed by atoms with Gasteiger partial charge in [-0.15, -0.1) is 0 Å². The van der Waals surface area contributed by atoms with Crippen LogP contribution in [0.3, 0.4) is 0 Å². The number of ether oxygens (including phenoxy) is 1. The SMILES string of the molecule is O=C(/C=C/c1ccccc1)Oc1ccc(Br)cc1/C=N/NC(=O)c1cccc(Cl)c1. The number of halogens is 2. The van der Waals surface area contributed by atoms with Gasteiger partial charge in [-0.1, -0.05) is 63.9 Å². The molecule has 30 heavy (non-hydrogen) atoms. The van der Waals surface area contributed by atoms with Gasteiger partial charge >= 0.3 is 5.97 Å². The Morgan fingerprint density at radius 3 is 2.57 bits per heavy atom. The first-order valence-electron chi connectivity index (χ1n) is 8.85. The molecule has 0 bridgehead atoms. The summed E-state index contributed by atoms with van der Waals surface area (Å²) in [5.74, 6) is -0.631. The molecule has 1 amide bonds. The Bertz CT molecular complexity index is 1110. The summed E-state index contributed by atoms with van der Waals surface area (Å²) < 4.78 is 6.18. The second kappa shape index (κ2) is 10.5. The van der Waals surface area contributed by atoms with Gasteiger partial charge in [-0.05, 0) is 48.0 Å². The largest absolute Gasteiger partial charge is 0.423 e. The van der Waals surface area contributed by atoms with Crippen LogP contribution >= 0.6 is 27.5 Å². The van der Waals surface area contributed by atoms with Gasteiger partial charge in [0.05, 0.1) is 6.21 Å². The highest BCUT2D eigenvalue weighted by Crippen LogP contribution is 2.22. The second-order valence-electron chi connectivity index (χ2n) is 6.06. The third kappa shape index (κ3) is 6.40. The van der Waals surface area contributed by atoms with Gasteiger partial charge in [-0.25, -0.2) is 10.2 Å². The van der Waals surface area contributed by atoms with E-state index in [-0.39, 0.29) is 0 Å². The van der Waals surface area contributed by atoms with Crippen molar-refractivity contribution < 1.29 is 14.3 Å². The highest BCUT2D eigenvalue weighted by Gasteiger charge is 2.08. The van der Waals surface area contributed by atoms with Crippen LogP contribution in [-0.2, 0) is 4.79 Å². The fourth-order valence-electron chi connectivity index (χ4n) is 2.44.